The van der Waals surface area contributed by atoms with E-state index in [0.717, 1.165) is 16.8 Å². The second-order valence-electron chi connectivity index (χ2n) is 9.39. The maximum atomic E-state index is 13.6. The van der Waals surface area contributed by atoms with Gasteiger partial charge in [-0.1, -0.05) is 72.3 Å². The van der Waals surface area contributed by atoms with Crippen molar-refractivity contribution in [1.29, 1.82) is 0 Å². The molecule has 1 aliphatic carbocycles. The summed E-state index contributed by atoms with van der Waals surface area (Å²) in [5, 5.41) is 0.550. The van der Waals surface area contributed by atoms with E-state index in [0.29, 0.717) is 34.9 Å². The number of hydrogen-bond acceptors (Lipinski definition) is 5. The average Bonchev–Trinajstić information content (AvgIpc) is 2.91. The molecule has 1 unspecified atom stereocenters. The van der Waals surface area contributed by atoms with Gasteiger partial charge in [-0.2, -0.15) is 0 Å². The van der Waals surface area contributed by atoms with Crippen LogP contribution in [-0.4, -0.2) is 30.7 Å². The summed E-state index contributed by atoms with van der Waals surface area (Å²) in [6, 6.07) is 26.8. The highest BCUT2D eigenvalue weighted by molar-refractivity contribution is 6.30. The molecule has 0 N–H and O–H groups in total. The Balaban J connectivity index is 1.41. The number of halogens is 1. The lowest BCUT2D eigenvalue weighted by atomic mass is 9.69. The van der Waals surface area contributed by atoms with Gasteiger partial charge in [0.15, 0.2) is 5.78 Å². The van der Waals surface area contributed by atoms with Crippen LogP contribution in [0.4, 0.5) is 0 Å². The van der Waals surface area contributed by atoms with Crippen molar-refractivity contribution in [3.63, 3.8) is 0 Å². The Morgan fingerprint density at radius 1 is 0.919 bits per heavy atom. The molecule has 5 rings (SSSR count). The van der Waals surface area contributed by atoms with E-state index < -0.39 is 17.8 Å². The third kappa shape index (κ3) is 5.52. The van der Waals surface area contributed by atoms with Crippen molar-refractivity contribution >= 4 is 29.1 Å². The first-order valence-corrected chi connectivity index (χ1v) is 12.9. The maximum Gasteiger partial charge on any atom is 0.315 e. The van der Waals surface area contributed by atoms with E-state index in [1.165, 1.54) is 0 Å². The normalized spacial score (nSPS) is 21.2. The summed E-state index contributed by atoms with van der Waals surface area (Å²) < 4.78 is 11.3. The van der Waals surface area contributed by atoms with Gasteiger partial charge in [-0.3, -0.25) is 14.6 Å². The zero-order valence-corrected chi connectivity index (χ0v) is 21.4. The summed E-state index contributed by atoms with van der Waals surface area (Å²) in [7, 11) is 0. The first kappa shape index (κ1) is 25.0. The van der Waals surface area contributed by atoms with Gasteiger partial charge in [0.1, 0.15) is 24.9 Å². The lowest BCUT2D eigenvalue weighted by Gasteiger charge is -2.36. The molecule has 3 aromatic carbocycles. The van der Waals surface area contributed by atoms with Crippen LogP contribution in [-0.2, 0) is 14.3 Å². The van der Waals surface area contributed by atoms with Crippen molar-refractivity contribution < 1.29 is 19.1 Å². The van der Waals surface area contributed by atoms with Crippen LogP contribution >= 0.6 is 11.6 Å². The summed E-state index contributed by atoms with van der Waals surface area (Å²) in [6.45, 7) is 2.16. The predicted molar refractivity (Wildman–Crippen MR) is 144 cm³/mol. The lowest BCUT2D eigenvalue weighted by molar-refractivity contribution is -0.147. The largest absolute Gasteiger partial charge is 0.490 e. The van der Waals surface area contributed by atoms with Crippen LogP contribution in [0.2, 0.25) is 5.02 Å². The molecule has 1 heterocycles. The smallest absolute Gasteiger partial charge is 0.315 e. The summed E-state index contributed by atoms with van der Waals surface area (Å²) in [4.78, 5) is 31.9. The van der Waals surface area contributed by atoms with Crippen molar-refractivity contribution in [1.82, 2.24) is 0 Å². The third-order valence-electron chi connectivity index (χ3n) is 6.96. The number of carbonyl (C=O) groups is 2. The number of ketones is 1. The van der Waals surface area contributed by atoms with Crippen LogP contribution < -0.4 is 4.74 Å². The molecule has 0 saturated carbocycles. The molecule has 2 aliphatic rings. The van der Waals surface area contributed by atoms with Crippen molar-refractivity contribution in [2.75, 3.05) is 13.2 Å². The van der Waals surface area contributed by atoms with Gasteiger partial charge in [0.2, 0.25) is 0 Å². The third-order valence-corrected chi connectivity index (χ3v) is 7.20. The number of carbonyl (C=O) groups excluding carboxylic acids is 2. The molecule has 0 amide bonds. The number of hydrogen-bond donors (Lipinski definition) is 0. The van der Waals surface area contributed by atoms with Gasteiger partial charge in [-0.15, -0.1) is 0 Å². The van der Waals surface area contributed by atoms with Gasteiger partial charge >= 0.3 is 5.97 Å². The van der Waals surface area contributed by atoms with E-state index in [9.17, 15) is 9.59 Å². The second kappa shape index (κ2) is 11.1. The predicted octanol–water partition coefficient (Wildman–Crippen LogP) is 6.54. The maximum absolute atomic E-state index is 13.6. The Kier molecular flexibility index (Phi) is 7.52. The molecule has 3 aromatic rings. The van der Waals surface area contributed by atoms with Crippen LogP contribution in [0.3, 0.4) is 0 Å². The van der Waals surface area contributed by atoms with E-state index >= 15 is 0 Å². The van der Waals surface area contributed by atoms with Gasteiger partial charge in [-0.25, -0.2) is 0 Å². The van der Waals surface area contributed by atoms with E-state index in [4.69, 9.17) is 26.1 Å². The van der Waals surface area contributed by atoms with Crippen LogP contribution in [0.25, 0.3) is 0 Å². The Hall–Kier alpha value is -3.70. The summed E-state index contributed by atoms with van der Waals surface area (Å²) in [5.74, 6) is -0.859. The molecular weight excluding hydrogens is 486 g/mol. The SMILES string of the molecule is CC1=NC2=C(C(=O)C[C@@H](c3ccccc3)C2)[C@H](c2cccc(Cl)c2)C1C(=O)OCCOc1ccccc1. The number of esters is 1. The Morgan fingerprint density at radius 3 is 2.35 bits per heavy atom. The minimum Gasteiger partial charge on any atom is -0.490 e. The monoisotopic (exact) mass is 513 g/mol. The summed E-state index contributed by atoms with van der Waals surface area (Å²) >= 11 is 6.34. The molecule has 6 heteroatoms. The highest BCUT2D eigenvalue weighted by atomic mass is 35.5. The zero-order chi connectivity index (χ0) is 25.8. The number of rotatable bonds is 7. The number of para-hydroxylation sites is 1. The first-order valence-electron chi connectivity index (χ1n) is 12.5. The van der Waals surface area contributed by atoms with Crippen molar-refractivity contribution in [2.24, 2.45) is 10.9 Å². The molecule has 0 spiro atoms. The number of allylic oxidation sites excluding steroid dienone is 2. The molecule has 0 bridgehead atoms. The molecule has 1 aliphatic heterocycles. The molecule has 0 radical (unpaired) electrons. The van der Waals surface area contributed by atoms with Gasteiger partial charge in [-0.05, 0) is 54.7 Å². The number of Topliss-reactive ketones (excluding diaryl/α,β-unsaturated/α-hetero) is 1. The second-order valence-corrected chi connectivity index (χ2v) is 9.83. The topological polar surface area (TPSA) is 65.0 Å². The minimum absolute atomic E-state index is 0.0153. The summed E-state index contributed by atoms with van der Waals surface area (Å²) in [6.07, 6.45) is 1.02. The van der Waals surface area contributed by atoms with Gasteiger partial charge in [0, 0.05) is 34.3 Å². The molecule has 3 atom stereocenters. The first-order chi connectivity index (χ1) is 18.0. The Morgan fingerprint density at radius 2 is 1.62 bits per heavy atom. The Labute approximate surface area is 221 Å². The fraction of sp³-hybridized carbons (Fsp3) is 0.258. The van der Waals surface area contributed by atoms with Crippen molar-refractivity contribution in [2.45, 2.75) is 31.6 Å². The van der Waals surface area contributed by atoms with Crippen LogP contribution in [0.5, 0.6) is 5.75 Å². The molecule has 5 nitrogen and oxygen atoms in total. The standard InChI is InChI=1S/C31H28ClNO4/c1-20-28(31(35)37-16-15-36-25-13-6-3-7-14-25)29(22-11-8-12-24(32)17-22)30-26(33-20)18-23(19-27(30)34)21-9-4-2-5-10-21/h2-14,17,23,28-29H,15-16,18-19H2,1H3/t23-,28?,29+/m0/s1. The van der Waals surface area contributed by atoms with Gasteiger partial charge < -0.3 is 9.47 Å². The zero-order valence-electron chi connectivity index (χ0n) is 20.6. The fourth-order valence-corrected chi connectivity index (χ4v) is 5.49. The highest BCUT2D eigenvalue weighted by Gasteiger charge is 2.44. The van der Waals surface area contributed by atoms with Gasteiger partial charge in [0.05, 0.1) is 0 Å². The molecule has 0 aromatic heterocycles. The van der Waals surface area contributed by atoms with E-state index in [2.05, 4.69) is 12.1 Å². The molecule has 188 valence electrons. The number of nitrogens with zero attached hydrogens (tertiary/aromatic N) is 1. The van der Waals surface area contributed by atoms with E-state index in [-0.39, 0.29) is 24.9 Å². The molecular formula is C31H28ClNO4. The molecule has 0 fully saturated rings. The fourth-order valence-electron chi connectivity index (χ4n) is 5.29. The molecule has 0 saturated heterocycles. The van der Waals surface area contributed by atoms with Crippen LogP contribution in [0, 0.1) is 5.92 Å². The highest BCUT2D eigenvalue weighted by Crippen LogP contribution is 2.47. The van der Waals surface area contributed by atoms with Crippen molar-refractivity contribution in [3.8, 4) is 5.75 Å². The van der Waals surface area contributed by atoms with Crippen molar-refractivity contribution in [3.05, 3.63) is 112 Å². The Bertz CT molecular complexity index is 1350. The minimum atomic E-state index is -0.717. The van der Waals surface area contributed by atoms with Crippen LogP contribution in [0.1, 0.15) is 42.7 Å². The average molecular weight is 514 g/mol. The quantitative estimate of drug-likeness (QED) is 0.266. The van der Waals surface area contributed by atoms with E-state index in [1.54, 1.807) is 6.07 Å². The van der Waals surface area contributed by atoms with E-state index in [1.807, 2.05) is 73.7 Å². The lowest BCUT2D eigenvalue weighted by Crippen LogP contribution is -2.38. The molecule has 37 heavy (non-hydrogen) atoms. The van der Waals surface area contributed by atoms with Gasteiger partial charge in [0.25, 0.3) is 0 Å². The number of benzene rings is 3. The number of ether oxygens (including phenoxy) is 2. The number of aliphatic imine (C=N–C) groups is 1. The summed E-state index contributed by atoms with van der Waals surface area (Å²) in [5.41, 5.74) is 3.92. The van der Waals surface area contributed by atoms with Crippen LogP contribution in [0.15, 0.2) is 101 Å².